The van der Waals surface area contributed by atoms with Crippen molar-refractivity contribution < 1.29 is 10.3 Å². The number of carbonyl (C=O) groups is 1. The molecule has 0 fully saturated rings. The van der Waals surface area contributed by atoms with Crippen molar-refractivity contribution in [1.29, 1.82) is 0 Å². The van der Waals surface area contributed by atoms with Gasteiger partial charge >= 0.3 is 0 Å². The van der Waals surface area contributed by atoms with Crippen LogP contribution in [0.25, 0.3) is 0 Å². The number of benzene rings is 2. The third kappa shape index (κ3) is 2.51. The minimum atomic E-state index is 0. The summed E-state index contributed by atoms with van der Waals surface area (Å²) in [7, 11) is 0. The van der Waals surface area contributed by atoms with Gasteiger partial charge in [0.1, 0.15) is 0 Å². The molecule has 1 radical (unpaired) electrons. The van der Waals surface area contributed by atoms with Crippen molar-refractivity contribution >= 4 is 5.78 Å². The van der Waals surface area contributed by atoms with Gasteiger partial charge in [-0.3, -0.25) is 4.79 Å². The number of hydrogen-bond donors (Lipinski definition) is 0. The van der Waals surface area contributed by atoms with Crippen molar-refractivity contribution in [2.75, 3.05) is 0 Å². The van der Waals surface area contributed by atoms with E-state index in [9.17, 15) is 4.79 Å². The summed E-state index contributed by atoms with van der Waals surface area (Å²) in [5, 5.41) is 0. The molecule has 0 spiro atoms. The Morgan fingerprint density at radius 2 is 1.60 bits per heavy atom. The van der Waals surface area contributed by atoms with Gasteiger partial charge in [0.15, 0.2) is 5.78 Å². The van der Waals surface area contributed by atoms with Gasteiger partial charge in [-0.15, -0.1) is 0 Å². The lowest BCUT2D eigenvalue weighted by atomic mass is 10.0. The van der Waals surface area contributed by atoms with Crippen LogP contribution in [-0.4, -0.2) is 11.3 Å². The van der Waals surface area contributed by atoms with Gasteiger partial charge in [0.05, 0.1) is 0 Å². The first kappa shape index (κ1) is 11.1. The monoisotopic (exact) mass is 199 g/mol. The molecule has 0 atom stereocenters. The lowest BCUT2D eigenvalue weighted by molar-refractivity contribution is 0.103. The van der Waals surface area contributed by atoms with Crippen LogP contribution in [0.3, 0.4) is 0 Å². The summed E-state index contributed by atoms with van der Waals surface area (Å²) in [4.78, 5) is 11.8. The highest BCUT2D eigenvalue weighted by molar-refractivity contribution is 6.08. The topological polar surface area (TPSA) is 48.6 Å². The number of rotatable bonds is 2. The van der Waals surface area contributed by atoms with E-state index in [0.717, 1.165) is 0 Å². The fourth-order valence-corrected chi connectivity index (χ4v) is 1.28. The third-order valence-corrected chi connectivity index (χ3v) is 1.99. The Kier molecular flexibility index (Phi) is 3.77. The van der Waals surface area contributed by atoms with Crippen LogP contribution in [0.4, 0.5) is 0 Å². The highest BCUT2D eigenvalue weighted by Gasteiger charge is 2.06. The fraction of sp³-hybridized carbons (Fsp3) is 0. The van der Waals surface area contributed by atoms with Crippen LogP contribution in [0.5, 0.6) is 0 Å². The van der Waals surface area contributed by atoms with Crippen LogP contribution < -0.4 is 0 Å². The molecule has 2 N–H and O–H groups in total. The van der Waals surface area contributed by atoms with E-state index in [0.29, 0.717) is 11.1 Å². The minimum absolute atomic E-state index is 0. The largest absolute Gasteiger partial charge is 0.412 e. The molecule has 2 nitrogen and oxygen atoms in total. The lowest BCUT2D eigenvalue weighted by Crippen LogP contribution is -2.00. The number of hydrogen-bond acceptors (Lipinski definition) is 1. The molecule has 0 amide bonds. The van der Waals surface area contributed by atoms with Crippen LogP contribution in [-0.2, 0) is 0 Å². The molecule has 2 aromatic rings. The second-order valence-corrected chi connectivity index (χ2v) is 2.97. The molecule has 15 heavy (non-hydrogen) atoms. The van der Waals surface area contributed by atoms with Gasteiger partial charge in [-0.2, -0.15) is 0 Å². The van der Waals surface area contributed by atoms with Crippen LogP contribution in [0.1, 0.15) is 15.9 Å². The molecule has 0 bridgehead atoms. The average Bonchev–Trinajstić information content (AvgIpc) is 2.30. The summed E-state index contributed by atoms with van der Waals surface area (Å²) in [5.41, 5.74) is 1.31. The van der Waals surface area contributed by atoms with Gasteiger partial charge in [0.2, 0.25) is 0 Å². The molecule has 0 heterocycles. The smallest absolute Gasteiger partial charge is 0.193 e. The summed E-state index contributed by atoms with van der Waals surface area (Å²) < 4.78 is 0. The summed E-state index contributed by atoms with van der Waals surface area (Å²) >= 11 is 0. The van der Waals surface area contributed by atoms with E-state index in [1.54, 1.807) is 12.1 Å². The molecule has 0 saturated carbocycles. The zero-order valence-electron chi connectivity index (χ0n) is 8.10. The molecule has 0 unspecified atom stereocenters. The quantitative estimate of drug-likeness (QED) is 0.681. The van der Waals surface area contributed by atoms with Crippen molar-refractivity contribution in [3.05, 3.63) is 71.8 Å². The van der Waals surface area contributed by atoms with Gasteiger partial charge in [-0.05, 0) is 6.07 Å². The predicted molar refractivity (Wildman–Crippen MR) is 58.8 cm³/mol. The first-order chi connectivity index (χ1) is 6.88. The molecule has 75 valence electrons. The van der Waals surface area contributed by atoms with E-state index < -0.39 is 0 Å². The van der Waals surface area contributed by atoms with E-state index in [2.05, 4.69) is 6.07 Å². The van der Waals surface area contributed by atoms with E-state index in [4.69, 9.17) is 0 Å². The van der Waals surface area contributed by atoms with Crippen molar-refractivity contribution in [2.45, 2.75) is 0 Å². The molecule has 2 rings (SSSR count). The first-order valence-corrected chi connectivity index (χ1v) is 4.44. The summed E-state index contributed by atoms with van der Waals surface area (Å²) in [6.07, 6.45) is 0. The van der Waals surface area contributed by atoms with Crippen LogP contribution in [0.15, 0.2) is 54.6 Å². The van der Waals surface area contributed by atoms with Crippen molar-refractivity contribution in [1.82, 2.24) is 0 Å². The third-order valence-electron chi connectivity index (χ3n) is 1.99. The highest BCUT2D eigenvalue weighted by atomic mass is 16.1. The zero-order chi connectivity index (χ0) is 9.80. The molecule has 0 aromatic heterocycles. The minimum Gasteiger partial charge on any atom is -0.412 e. The Hall–Kier alpha value is -1.93. The maximum Gasteiger partial charge on any atom is 0.193 e. The molecule has 0 saturated heterocycles. The highest BCUT2D eigenvalue weighted by Crippen LogP contribution is 2.07. The standard InChI is InChI=1S/C13H9O.H2O/c14-13(11-7-3-1-4-8-11)12-9-5-2-6-10-12;/h1-9H;1H2. The zero-order valence-corrected chi connectivity index (χ0v) is 8.10. The van der Waals surface area contributed by atoms with Crippen LogP contribution in [0.2, 0.25) is 0 Å². The molecule has 2 heteroatoms. The summed E-state index contributed by atoms with van der Waals surface area (Å²) in [6, 6.07) is 19.4. The molecule has 0 aliphatic rings. The molecular weight excluding hydrogens is 188 g/mol. The fourth-order valence-electron chi connectivity index (χ4n) is 1.28. The number of carbonyl (C=O) groups excluding carboxylic acids is 1. The molecule has 0 aliphatic carbocycles. The van der Waals surface area contributed by atoms with Crippen molar-refractivity contribution in [3.8, 4) is 0 Å². The van der Waals surface area contributed by atoms with Gasteiger partial charge in [0, 0.05) is 11.1 Å². The molecule has 0 aliphatic heterocycles. The predicted octanol–water partition coefficient (Wildman–Crippen LogP) is 1.89. The van der Waals surface area contributed by atoms with E-state index in [1.807, 2.05) is 42.5 Å². The summed E-state index contributed by atoms with van der Waals surface area (Å²) in [5.74, 6) is 0.0196. The maximum absolute atomic E-state index is 11.8. The lowest BCUT2D eigenvalue weighted by Gasteiger charge is -1.98. The van der Waals surface area contributed by atoms with Crippen molar-refractivity contribution in [3.63, 3.8) is 0 Å². The van der Waals surface area contributed by atoms with Gasteiger partial charge in [-0.1, -0.05) is 54.6 Å². The van der Waals surface area contributed by atoms with Gasteiger partial charge < -0.3 is 5.48 Å². The van der Waals surface area contributed by atoms with E-state index in [-0.39, 0.29) is 11.3 Å². The Morgan fingerprint density at radius 3 is 2.20 bits per heavy atom. The van der Waals surface area contributed by atoms with E-state index >= 15 is 0 Å². The summed E-state index contributed by atoms with van der Waals surface area (Å²) in [6.45, 7) is 0. The Balaban J connectivity index is 0.00000112. The van der Waals surface area contributed by atoms with E-state index in [1.165, 1.54) is 0 Å². The average molecular weight is 199 g/mol. The normalized spacial score (nSPS) is 9.07. The molecular formula is C13H11O2. The van der Waals surface area contributed by atoms with Crippen LogP contribution >= 0.6 is 0 Å². The Morgan fingerprint density at radius 1 is 0.933 bits per heavy atom. The number of ketones is 1. The maximum atomic E-state index is 11.8. The SMILES string of the molecule is O.O=C(c1[c]cccc1)c1ccccc1. The van der Waals surface area contributed by atoms with Crippen molar-refractivity contribution in [2.24, 2.45) is 0 Å². The Labute approximate surface area is 88.5 Å². The van der Waals surface area contributed by atoms with Gasteiger partial charge in [-0.25, -0.2) is 0 Å². The van der Waals surface area contributed by atoms with Gasteiger partial charge in [0.25, 0.3) is 0 Å². The Bertz CT molecular complexity index is 379. The van der Waals surface area contributed by atoms with Crippen LogP contribution in [0, 0.1) is 6.07 Å². The second kappa shape index (κ2) is 5.08. The first-order valence-electron chi connectivity index (χ1n) is 4.44. The molecule has 2 aromatic carbocycles. The second-order valence-electron chi connectivity index (χ2n) is 2.97.